The van der Waals surface area contributed by atoms with E-state index in [1.807, 2.05) is 27.2 Å². The minimum atomic E-state index is -4.34. The molecule has 0 radical (unpaired) electrons. The highest BCUT2D eigenvalue weighted by Gasteiger charge is 2.27. The lowest BCUT2D eigenvalue weighted by Crippen LogP contribution is -2.45. The molecule has 0 aliphatic carbocycles. The average molecular weight is 784 g/mol. The van der Waals surface area contributed by atoms with E-state index in [1.54, 1.807) is 6.08 Å². The van der Waals surface area contributed by atoms with Crippen molar-refractivity contribution in [2.75, 3.05) is 40.9 Å². The van der Waals surface area contributed by atoms with Crippen molar-refractivity contribution in [1.82, 2.24) is 5.32 Å². The van der Waals surface area contributed by atoms with Crippen molar-refractivity contribution in [1.29, 1.82) is 0 Å². The number of likely N-dealkylation sites (N-methyl/N-ethyl adjacent to an activating group) is 1. The molecule has 0 saturated carbocycles. The van der Waals surface area contributed by atoms with Gasteiger partial charge in [-0.2, -0.15) is 0 Å². The summed E-state index contributed by atoms with van der Waals surface area (Å²) in [5.74, 6) is -0.194. The van der Waals surface area contributed by atoms with E-state index in [1.165, 1.54) is 135 Å². The zero-order valence-corrected chi connectivity index (χ0v) is 36.9. The van der Waals surface area contributed by atoms with Crippen LogP contribution in [-0.2, 0) is 18.4 Å². The summed E-state index contributed by atoms with van der Waals surface area (Å²) in [4.78, 5) is 23.0. The fourth-order valence-electron chi connectivity index (χ4n) is 6.23. The van der Waals surface area contributed by atoms with Crippen molar-refractivity contribution in [2.45, 2.75) is 206 Å². The van der Waals surface area contributed by atoms with E-state index in [9.17, 15) is 19.4 Å². The van der Waals surface area contributed by atoms with Crippen molar-refractivity contribution >= 4 is 13.7 Å². The summed E-state index contributed by atoms with van der Waals surface area (Å²) in [6.07, 6.45) is 45.1. The van der Waals surface area contributed by atoms with Gasteiger partial charge in [-0.05, 0) is 57.8 Å². The number of hydrogen-bond acceptors (Lipinski definition) is 5. The fourth-order valence-corrected chi connectivity index (χ4v) is 6.96. The molecule has 0 aliphatic heterocycles. The minimum absolute atomic E-state index is 0.0550. The van der Waals surface area contributed by atoms with E-state index in [4.69, 9.17) is 9.05 Å². The lowest BCUT2D eigenvalue weighted by molar-refractivity contribution is -0.870. The number of aliphatic hydroxyl groups excluding tert-OH is 1. The van der Waals surface area contributed by atoms with Crippen LogP contribution in [0.3, 0.4) is 0 Å². The first-order valence-electron chi connectivity index (χ1n) is 22.4. The molecule has 1 amide bonds. The summed E-state index contributed by atoms with van der Waals surface area (Å²) in [6, 6.07) is -0.862. The Morgan fingerprint density at radius 3 is 1.50 bits per heavy atom. The highest BCUT2D eigenvalue weighted by atomic mass is 31.2. The Morgan fingerprint density at radius 2 is 1.02 bits per heavy atom. The van der Waals surface area contributed by atoms with Crippen LogP contribution in [0.5, 0.6) is 0 Å². The number of nitrogens with one attached hydrogen (secondary N) is 1. The molecule has 0 aromatic heterocycles. The third-order valence-electron chi connectivity index (χ3n) is 9.83. The Bertz CT molecular complexity index is 980. The van der Waals surface area contributed by atoms with Crippen molar-refractivity contribution in [3.05, 3.63) is 36.5 Å². The maximum atomic E-state index is 12.8. The van der Waals surface area contributed by atoms with E-state index >= 15 is 0 Å². The van der Waals surface area contributed by atoms with Gasteiger partial charge < -0.3 is 19.8 Å². The van der Waals surface area contributed by atoms with Crippen molar-refractivity contribution in [2.24, 2.45) is 0 Å². The number of allylic oxidation sites excluding steroid dienone is 5. The number of phosphoric ester groups is 1. The molecular formula is C45H88N2O6P+. The SMILES string of the molecule is CCCCCC/C=C/CC/C=C/C(O)C(COP(=O)(O)OCC[N+](C)(C)C)NC(=O)CCCCCCCCC/C=C\CCCCCCCCCCCCC. The Hall–Kier alpha value is -1.28. The number of quaternary nitrogens is 1. The predicted molar refractivity (Wildman–Crippen MR) is 231 cm³/mol. The third-order valence-corrected chi connectivity index (χ3v) is 10.8. The number of unbranched alkanes of at least 4 members (excludes halogenated alkanes) is 23. The van der Waals surface area contributed by atoms with Gasteiger partial charge >= 0.3 is 7.82 Å². The Labute approximate surface area is 334 Å². The van der Waals surface area contributed by atoms with Crippen LogP contribution in [-0.4, -0.2) is 73.4 Å². The summed E-state index contributed by atoms with van der Waals surface area (Å²) in [7, 11) is 1.55. The third kappa shape index (κ3) is 39.0. The lowest BCUT2D eigenvalue weighted by Gasteiger charge is -2.25. The first kappa shape index (κ1) is 52.7. The molecule has 0 saturated heterocycles. The Kier molecular flexibility index (Phi) is 36.4. The molecule has 0 heterocycles. The van der Waals surface area contributed by atoms with Gasteiger partial charge in [0.05, 0.1) is 39.9 Å². The van der Waals surface area contributed by atoms with Gasteiger partial charge in [0.25, 0.3) is 0 Å². The van der Waals surface area contributed by atoms with Gasteiger partial charge in [-0.3, -0.25) is 13.8 Å². The highest BCUT2D eigenvalue weighted by molar-refractivity contribution is 7.47. The first-order valence-corrected chi connectivity index (χ1v) is 23.9. The summed E-state index contributed by atoms with van der Waals surface area (Å²) < 4.78 is 23.5. The number of amides is 1. The molecule has 0 aromatic rings. The van der Waals surface area contributed by atoms with Gasteiger partial charge in [0.1, 0.15) is 13.2 Å². The van der Waals surface area contributed by atoms with E-state index in [-0.39, 0.29) is 19.1 Å². The molecule has 3 unspecified atom stereocenters. The van der Waals surface area contributed by atoms with E-state index in [0.29, 0.717) is 17.4 Å². The quantitative estimate of drug-likeness (QED) is 0.0247. The second kappa shape index (κ2) is 37.3. The molecule has 9 heteroatoms. The molecule has 0 fully saturated rings. The standard InChI is InChI=1S/C45H87N2O6P/c1-6-8-10-12-14-16-18-19-20-21-22-23-24-25-26-27-28-29-31-33-35-37-39-45(49)46-43(42-53-54(50,51)52-41-40-47(3,4)5)44(48)38-36-34-32-30-17-15-13-11-9-7-2/h17,24-25,30,36,38,43-44,48H,6-16,18-23,26-29,31-35,37,39-42H2,1-5H3,(H-,46,49,50,51)/p+1/b25-24-,30-17+,38-36+. The van der Waals surface area contributed by atoms with Gasteiger partial charge in [0, 0.05) is 6.42 Å². The maximum absolute atomic E-state index is 12.8. The summed E-state index contributed by atoms with van der Waals surface area (Å²) in [5.41, 5.74) is 0. The topological polar surface area (TPSA) is 105 Å². The second-order valence-corrected chi connectivity index (χ2v) is 17.9. The fraction of sp³-hybridized carbons (Fsp3) is 0.844. The molecular weight excluding hydrogens is 695 g/mol. The van der Waals surface area contributed by atoms with Gasteiger partial charge in [0.15, 0.2) is 0 Å². The number of carbonyl (C=O) groups excluding carboxylic acids is 1. The number of carbonyl (C=O) groups is 1. The minimum Gasteiger partial charge on any atom is -0.387 e. The molecule has 0 aliphatic rings. The molecule has 3 atom stereocenters. The monoisotopic (exact) mass is 784 g/mol. The van der Waals surface area contributed by atoms with Gasteiger partial charge in [0.2, 0.25) is 5.91 Å². The van der Waals surface area contributed by atoms with Crippen LogP contribution in [0.1, 0.15) is 194 Å². The van der Waals surface area contributed by atoms with Crippen molar-refractivity contribution < 1.29 is 32.9 Å². The maximum Gasteiger partial charge on any atom is 0.472 e. The van der Waals surface area contributed by atoms with E-state index in [2.05, 4.69) is 43.5 Å². The van der Waals surface area contributed by atoms with Crippen LogP contribution in [0.2, 0.25) is 0 Å². The molecule has 3 N–H and O–H groups in total. The summed E-state index contributed by atoms with van der Waals surface area (Å²) in [6.45, 7) is 4.75. The number of nitrogens with zero attached hydrogens (tertiary/aromatic N) is 1. The molecule has 0 bridgehead atoms. The van der Waals surface area contributed by atoms with Crippen LogP contribution in [0.25, 0.3) is 0 Å². The normalized spacial score (nSPS) is 14.7. The van der Waals surface area contributed by atoms with E-state index in [0.717, 1.165) is 38.5 Å². The molecule has 8 nitrogen and oxygen atoms in total. The van der Waals surface area contributed by atoms with Gasteiger partial charge in [-0.25, -0.2) is 4.57 Å². The second-order valence-electron chi connectivity index (χ2n) is 16.4. The Morgan fingerprint density at radius 1 is 0.611 bits per heavy atom. The first-order chi connectivity index (χ1) is 26.0. The number of aliphatic hydroxyl groups is 1. The molecule has 0 aromatic carbocycles. The molecule has 54 heavy (non-hydrogen) atoms. The average Bonchev–Trinajstić information content (AvgIpc) is 3.12. The molecule has 0 rings (SSSR count). The van der Waals surface area contributed by atoms with Crippen molar-refractivity contribution in [3.8, 4) is 0 Å². The van der Waals surface area contributed by atoms with Gasteiger partial charge in [-0.15, -0.1) is 0 Å². The van der Waals surface area contributed by atoms with Crippen LogP contribution < -0.4 is 5.32 Å². The van der Waals surface area contributed by atoms with Gasteiger partial charge in [-0.1, -0.05) is 166 Å². The number of rotatable bonds is 40. The zero-order chi connectivity index (χ0) is 40.0. The predicted octanol–water partition coefficient (Wildman–Crippen LogP) is 12.3. The largest absolute Gasteiger partial charge is 0.472 e. The van der Waals surface area contributed by atoms with Crippen LogP contribution in [0.15, 0.2) is 36.5 Å². The van der Waals surface area contributed by atoms with Crippen LogP contribution in [0, 0.1) is 0 Å². The van der Waals surface area contributed by atoms with Crippen LogP contribution >= 0.6 is 7.82 Å². The zero-order valence-electron chi connectivity index (χ0n) is 36.0. The lowest BCUT2D eigenvalue weighted by atomic mass is 10.0. The highest BCUT2D eigenvalue weighted by Crippen LogP contribution is 2.43. The Balaban J connectivity index is 4.29. The molecule has 0 spiro atoms. The summed E-state index contributed by atoms with van der Waals surface area (Å²) in [5, 5.41) is 13.7. The van der Waals surface area contributed by atoms with Crippen LogP contribution in [0.4, 0.5) is 0 Å². The number of hydrogen-bond donors (Lipinski definition) is 3. The smallest absolute Gasteiger partial charge is 0.387 e. The van der Waals surface area contributed by atoms with E-state index < -0.39 is 20.0 Å². The number of phosphoric acid groups is 1. The summed E-state index contributed by atoms with van der Waals surface area (Å²) >= 11 is 0. The molecule has 318 valence electrons. The van der Waals surface area contributed by atoms with Crippen molar-refractivity contribution in [3.63, 3.8) is 0 Å².